The molecule has 2 rings (SSSR count). The number of nitrogens with zero attached hydrogens (tertiary/aromatic N) is 1. The molecule has 0 unspecified atom stereocenters. The van der Waals surface area contributed by atoms with Crippen LogP contribution in [0.2, 0.25) is 0 Å². The molecule has 5 heteroatoms. The second-order valence-corrected chi connectivity index (χ2v) is 5.82. The van der Waals surface area contributed by atoms with Crippen LogP contribution >= 0.6 is 23.2 Å². The number of pyridine rings is 1. The fourth-order valence-electron chi connectivity index (χ4n) is 1.51. The van der Waals surface area contributed by atoms with Gasteiger partial charge in [-0.05, 0) is 31.9 Å². The second-order valence-electron chi connectivity index (χ2n) is 4.34. The van der Waals surface area contributed by atoms with Gasteiger partial charge in [-0.25, -0.2) is 4.98 Å². The average Bonchev–Trinajstić information content (AvgIpc) is 2.71. The Morgan fingerprint density at radius 3 is 2.69 bits per heavy atom. The van der Waals surface area contributed by atoms with E-state index in [-0.39, 0.29) is 5.91 Å². The lowest BCUT2D eigenvalue weighted by Gasteiger charge is -2.13. The van der Waals surface area contributed by atoms with Crippen molar-refractivity contribution in [1.82, 2.24) is 4.98 Å². The summed E-state index contributed by atoms with van der Waals surface area (Å²) < 4.78 is -0.945. The van der Waals surface area contributed by atoms with Gasteiger partial charge in [-0.15, -0.1) is 23.2 Å². The lowest BCUT2D eigenvalue weighted by Crippen LogP contribution is -2.26. The molecule has 0 saturated heterocycles. The summed E-state index contributed by atoms with van der Waals surface area (Å²) in [6, 6.07) is 3.70. The van der Waals surface area contributed by atoms with Gasteiger partial charge < -0.3 is 5.32 Å². The summed E-state index contributed by atoms with van der Waals surface area (Å²) in [7, 11) is 0. The van der Waals surface area contributed by atoms with Gasteiger partial charge in [-0.3, -0.25) is 4.79 Å². The zero-order valence-electron chi connectivity index (χ0n) is 9.05. The zero-order valence-corrected chi connectivity index (χ0v) is 10.6. The predicted molar refractivity (Wildman–Crippen MR) is 64.8 cm³/mol. The molecule has 1 heterocycles. The van der Waals surface area contributed by atoms with Crippen molar-refractivity contribution in [3.63, 3.8) is 0 Å². The first-order valence-electron chi connectivity index (χ1n) is 4.98. The number of rotatable bonds is 2. The van der Waals surface area contributed by atoms with E-state index in [1.54, 1.807) is 13.1 Å². The third kappa shape index (κ3) is 1.78. The van der Waals surface area contributed by atoms with Gasteiger partial charge in [0.05, 0.1) is 5.41 Å². The SMILES string of the molecule is Cc1cccnc1NC(=O)[C@@]1(C)CC1(Cl)Cl. The van der Waals surface area contributed by atoms with Crippen LogP contribution in [-0.2, 0) is 4.79 Å². The second kappa shape index (κ2) is 3.60. The summed E-state index contributed by atoms with van der Waals surface area (Å²) in [5.74, 6) is 0.379. The van der Waals surface area contributed by atoms with Crippen LogP contribution < -0.4 is 5.32 Å². The molecular formula is C11H12Cl2N2O. The van der Waals surface area contributed by atoms with E-state index in [0.717, 1.165) is 5.56 Å². The highest BCUT2D eigenvalue weighted by Crippen LogP contribution is 2.64. The molecule has 0 aromatic carbocycles. The predicted octanol–water partition coefficient (Wildman–Crippen LogP) is 2.91. The number of carbonyl (C=O) groups is 1. The van der Waals surface area contributed by atoms with Crippen molar-refractivity contribution >= 4 is 34.9 Å². The molecule has 1 aromatic heterocycles. The van der Waals surface area contributed by atoms with E-state index in [9.17, 15) is 4.79 Å². The number of aromatic nitrogens is 1. The molecule has 1 atom stereocenters. The molecule has 1 amide bonds. The Labute approximate surface area is 104 Å². The average molecular weight is 259 g/mol. The number of carbonyl (C=O) groups excluding carboxylic acids is 1. The first-order valence-corrected chi connectivity index (χ1v) is 5.73. The molecule has 16 heavy (non-hydrogen) atoms. The largest absolute Gasteiger partial charge is 0.310 e. The third-order valence-electron chi connectivity index (χ3n) is 3.00. The normalized spacial score (nSPS) is 26.2. The minimum atomic E-state index is -0.945. The van der Waals surface area contributed by atoms with Crippen LogP contribution in [0, 0.1) is 12.3 Å². The van der Waals surface area contributed by atoms with Gasteiger partial charge >= 0.3 is 0 Å². The van der Waals surface area contributed by atoms with E-state index < -0.39 is 9.75 Å². The number of hydrogen-bond donors (Lipinski definition) is 1. The van der Waals surface area contributed by atoms with Gasteiger partial charge in [-0.1, -0.05) is 6.07 Å². The lowest BCUT2D eigenvalue weighted by molar-refractivity contribution is -0.120. The first-order chi connectivity index (χ1) is 7.37. The summed E-state index contributed by atoms with van der Waals surface area (Å²) in [6.45, 7) is 3.63. The van der Waals surface area contributed by atoms with E-state index >= 15 is 0 Å². The summed E-state index contributed by atoms with van der Waals surface area (Å²) in [5, 5.41) is 2.75. The first kappa shape index (κ1) is 11.7. The van der Waals surface area contributed by atoms with E-state index in [1.165, 1.54) is 0 Å². The molecule has 1 N–H and O–H groups in total. The van der Waals surface area contributed by atoms with Gasteiger partial charge in [0.2, 0.25) is 5.91 Å². The lowest BCUT2D eigenvalue weighted by atomic mass is 10.1. The topological polar surface area (TPSA) is 42.0 Å². The van der Waals surface area contributed by atoms with Gasteiger partial charge in [0.25, 0.3) is 0 Å². The van der Waals surface area contributed by atoms with E-state index in [1.807, 2.05) is 19.1 Å². The van der Waals surface area contributed by atoms with Crippen molar-refractivity contribution in [2.75, 3.05) is 5.32 Å². The summed E-state index contributed by atoms with van der Waals surface area (Å²) >= 11 is 11.9. The Balaban J connectivity index is 2.13. The Kier molecular flexibility index (Phi) is 2.63. The highest BCUT2D eigenvalue weighted by molar-refractivity contribution is 6.53. The zero-order chi connectivity index (χ0) is 12.0. The quantitative estimate of drug-likeness (QED) is 0.830. The number of amides is 1. The highest BCUT2D eigenvalue weighted by atomic mass is 35.5. The van der Waals surface area contributed by atoms with Crippen LogP contribution in [0.25, 0.3) is 0 Å². The Hall–Kier alpha value is -0.800. The molecule has 1 aliphatic carbocycles. The number of hydrogen-bond acceptors (Lipinski definition) is 2. The van der Waals surface area contributed by atoms with E-state index in [0.29, 0.717) is 12.2 Å². The number of alkyl halides is 2. The molecule has 86 valence electrons. The standard InChI is InChI=1S/C11H12Cl2N2O/c1-7-4-3-5-14-8(7)15-9(16)10(2)6-11(10,12)13/h3-5H,6H2,1-2H3,(H,14,15,16)/t10-/m1/s1. The number of halogens is 2. The third-order valence-corrected chi connectivity index (χ3v) is 4.10. The van der Waals surface area contributed by atoms with Crippen LogP contribution in [0.4, 0.5) is 5.82 Å². The van der Waals surface area contributed by atoms with Crippen molar-refractivity contribution in [3.8, 4) is 0 Å². The molecule has 0 spiro atoms. The van der Waals surface area contributed by atoms with Crippen molar-refractivity contribution in [1.29, 1.82) is 0 Å². The Morgan fingerprint density at radius 1 is 1.56 bits per heavy atom. The molecule has 1 aliphatic rings. The smallest absolute Gasteiger partial charge is 0.234 e. The minimum Gasteiger partial charge on any atom is -0.310 e. The van der Waals surface area contributed by atoms with Crippen LogP contribution in [0.3, 0.4) is 0 Å². The van der Waals surface area contributed by atoms with Crippen LogP contribution in [0.15, 0.2) is 18.3 Å². The molecule has 3 nitrogen and oxygen atoms in total. The van der Waals surface area contributed by atoms with Crippen molar-refractivity contribution in [3.05, 3.63) is 23.9 Å². The molecule has 1 saturated carbocycles. The number of anilines is 1. The summed E-state index contributed by atoms with van der Waals surface area (Å²) in [6.07, 6.45) is 2.10. The Bertz CT molecular complexity index is 447. The van der Waals surface area contributed by atoms with E-state index in [2.05, 4.69) is 10.3 Å². The molecule has 0 bridgehead atoms. The fourth-order valence-corrected chi connectivity index (χ4v) is 2.21. The van der Waals surface area contributed by atoms with Crippen LogP contribution in [0.1, 0.15) is 18.9 Å². The number of nitrogens with one attached hydrogen (secondary N) is 1. The monoisotopic (exact) mass is 258 g/mol. The molecule has 1 fully saturated rings. The van der Waals surface area contributed by atoms with Crippen molar-refractivity contribution in [2.24, 2.45) is 5.41 Å². The van der Waals surface area contributed by atoms with Gasteiger partial charge in [0, 0.05) is 6.20 Å². The van der Waals surface area contributed by atoms with Crippen LogP contribution in [0.5, 0.6) is 0 Å². The van der Waals surface area contributed by atoms with E-state index in [4.69, 9.17) is 23.2 Å². The fraction of sp³-hybridized carbons (Fsp3) is 0.455. The molecule has 0 aliphatic heterocycles. The molecule has 1 aromatic rings. The highest BCUT2D eigenvalue weighted by Gasteiger charge is 2.67. The Morgan fingerprint density at radius 2 is 2.19 bits per heavy atom. The van der Waals surface area contributed by atoms with Gasteiger partial charge in [-0.2, -0.15) is 0 Å². The molecular weight excluding hydrogens is 247 g/mol. The van der Waals surface area contributed by atoms with Gasteiger partial charge in [0.15, 0.2) is 0 Å². The number of aryl methyl sites for hydroxylation is 1. The molecule has 0 radical (unpaired) electrons. The minimum absolute atomic E-state index is 0.181. The summed E-state index contributed by atoms with van der Waals surface area (Å²) in [5.41, 5.74) is 0.204. The summed E-state index contributed by atoms with van der Waals surface area (Å²) in [4.78, 5) is 16.0. The maximum absolute atomic E-state index is 11.9. The maximum Gasteiger partial charge on any atom is 0.234 e. The maximum atomic E-state index is 11.9. The van der Waals surface area contributed by atoms with Gasteiger partial charge in [0.1, 0.15) is 10.2 Å². The van der Waals surface area contributed by atoms with Crippen molar-refractivity contribution in [2.45, 2.75) is 24.6 Å². The van der Waals surface area contributed by atoms with Crippen molar-refractivity contribution < 1.29 is 4.79 Å². The van der Waals surface area contributed by atoms with Crippen LogP contribution in [-0.4, -0.2) is 15.2 Å².